The predicted octanol–water partition coefficient (Wildman–Crippen LogP) is 2.20. The minimum Gasteiger partial charge on any atom is -0.453 e. The Balaban J connectivity index is 2.63. The van der Waals surface area contributed by atoms with Crippen LogP contribution in [0, 0.1) is 0 Å². The molecule has 0 saturated heterocycles. The van der Waals surface area contributed by atoms with E-state index in [1.165, 1.54) is 0 Å². The molecule has 13 heavy (non-hydrogen) atoms. The Kier molecular flexibility index (Phi) is 1.85. The second-order valence-electron chi connectivity index (χ2n) is 2.83. The van der Waals surface area contributed by atoms with Gasteiger partial charge in [0.2, 0.25) is 0 Å². The second-order valence-corrected chi connectivity index (χ2v) is 2.83. The van der Waals surface area contributed by atoms with Crippen LogP contribution in [0.2, 0.25) is 0 Å². The van der Waals surface area contributed by atoms with Gasteiger partial charge in [-0.25, -0.2) is 0 Å². The first-order valence-corrected chi connectivity index (χ1v) is 4.17. The molecule has 0 spiro atoms. The molecule has 0 N–H and O–H groups in total. The average molecular weight is 175 g/mol. The molecule has 0 radical (unpaired) electrons. The summed E-state index contributed by atoms with van der Waals surface area (Å²) in [5.41, 5.74) is 1.70. The standard InChI is InChI=1S/C10H9NO2/c1-2-8-4-10-7(5-11-8)3-9(6-12)13-10/h3-6H,2H2,1H3. The lowest BCUT2D eigenvalue weighted by molar-refractivity contribution is 0.110. The van der Waals surface area contributed by atoms with E-state index in [4.69, 9.17) is 4.42 Å². The molecule has 0 saturated carbocycles. The van der Waals surface area contributed by atoms with Crippen LogP contribution in [-0.4, -0.2) is 11.3 Å². The van der Waals surface area contributed by atoms with Crippen LogP contribution in [0.15, 0.2) is 22.7 Å². The lowest BCUT2D eigenvalue weighted by atomic mass is 10.2. The normalized spacial score (nSPS) is 10.5. The summed E-state index contributed by atoms with van der Waals surface area (Å²) in [4.78, 5) is 14.6. The maximum Gasteiger partial charge on any atom is 0.185 e. The van der Waals surface area contributed by atoms with Crippen LogP contribution in [0.4, 0.5) is 0 Å². The van der Waals surface area contributed by atoms with Crippen LogP contribution in [0.25, 0.3) is 11.0 Å². The number of fused-ring (bicyclic) bond motifs is 1. The number of aryl methyl sites for hydroxylation is 1. The maximum atomic E-state index is 10.4. The zero-order valence-electron chi connectivity index (χ0n) is 7.28. The van der Waals surface area contributed by atoms with Gasteiger partial charge in [-0.2, -0.15) is 0 Å². The van der Waals surface area contributed by atoms with Crippen LogP contribution < -0.4 is 0 Å². The van der Waals surface area contributed by atoms with Gasteiger partial charge in [0, 0.05) is 23.3 Å². The highest BCUT2D eigenvalue weighted by molar-refractivity contribution is 5.84. The van der Waals surface area contributed by atoms with Crippen molar-refractivity contribution in [1.82, 2.24) is 4.98 Å². The average Bonchev–Trinajstić information content (AvgIpc) is 2.58. The number of rotatable bonds is 2. The maximum absolute atomic E-state index is 10.4. The number of nitrogens with zero attached hydrogens (tertiary/aromatic N) is 1. The summed E-state index contributed by atoms with van der Waals surface area (Å²) in [5, 5.41) is 0.874. The van der Waals surface area contributed by atoms with Crippen LogP contribution in [0.1, 0.15) is 23.2 Å². The zero-order chi connectivity index (χ0) is 9.26. The minimum atomic E-state index is 0.352. The Labute approximate surface area is 75.4 Å². The highest BCUT2D eigenvalue weighted by Gasteiger charge is 2.03. The molecule has 2 aromatic rings. The van der Waals surface area contributed by atoms with E-state index in [-0.39, 0.29) is 0 Å². The molecule has 0 atom stereocenters. The van der Waals surface area contributed by atoms with Gasteiger partial charge in [-0.3, -0.25) is 9.78 Å². The van der Waals surface area contributed by atoms with Gasteiger partial charge in [-0.05, 0) is 12.5 Å². The molecular weight excluding hydrogens is 166 g/mol. The van der Waals surface area contributed by atoms with E-state index >= 15 is 0 Å². The third kappa shape index (κ3) is 1.33. The van der Waals surface area contributed by atoms with Crippen molar-refractivity contribution in [2.45, 2.75) is 13.3 Å². The minimum absolute atomic E-state index is 0.352. The van der Waals surface area contributed by atoms with Gasteiger partial charge >= 0.3 is 0 Å². The van der Waals surface area contributed by atoms with Crippen molar-refractivity contribution in [2.75, 3.05) is 0 Å². The fourth-order valence-electron chi connectivity index (χ4n) is 1.25. The molecule has 3 nitrogen and oxygen atoms in total. The number of aromatic nitrogens is 1. The third-order valence-corrected chi connectivity index (χ3v) is 1.96. The van der Waals surface area contributed by atoms with E-state index in [1.807, 2.05) is 13.0 Å². The lowest BCUT2D eigenvalue weighted by Gasteiger charge is -1.92. The summed E-state index contributed by atoms with van der Waals surface area (Å²) in [6.07, 6.45) is 3.29. The van der Waals surface area contributed by atoms with Crippen LogP contribution in [-0.2, 0) is 6.42 Å². The largest absolute Gasteiger partial charge is 0.453 e. The molecule has 0 unspecified atom stereocenters. The molecule has 2 rings (SSSR count). The van der Waals surface area contributed by atoms with Gasteiger partial charge in [-0.15, -0.1) is 0 Å². The van der Waals surface area contributed by atoms with Gasteiger partial charge in [0.15, 0.2) is 12.0 Å². The fourth-order valence-corrected chi connectivity index (χ4v) is 1.25. The molecule has 0 bridgehead atoms. The number of carbonyl (C=O) groups is 1. The molecule has 66 valence electrons. The summed E-state index contributed by atoms with van der Waals surface area (Å²) >= 11 is 0. The van der Waals surface area contributed by atoms with Crippen molar-refractivity contribution < 1.29 is 9.21 Å². The molecule has 3 heteroatoms. The first-order valence-electron chi connectivity index (χ1n) is 4.17. The number of aldehydes is 1. The van der Waals surface area contributed by atoms with Crippen LogP contribution in [0.3, 0.4) is 0 Å². The molecule has 0 aliphatic rings. The summed E-state index contributed by atoms with van der Waals surface area (Å²) < 4.78 is 5.25. The van der Waals surface area contributed by atoms with E-state index in [9.17, 15) is 4.79 Å². The van der Waals surface area contributed by atoms with E-state index in [1.54, 1.807) is 12.3 Å². The zero-order valence-corrected chi connectivity index (χ0v) is 7.28. The molecule has 2 aromatic heterocycles. The second kappa shape index (κ2) is 3.01. The van der Waals surface area contributed by atoms with Gasteiger partial charge in [0.25, 0.3) is 0 Å². The Morgan fingerprint density at radius 2 is 2.38 bits per heavy atom. The predicted molar refractivity (Wildman–Crippen MR) is 48.8 cm³/mol. The number of furan rings is 1. The molecule has 0 fully saturated rings. The van der Waals surface area contributed by atoms with E-state index < -0.39 is 0 Å². The first kappa shape index (κ1) is 7.98. The van der Waals surface area contributed by atoms with Gasteiger partial charge in [0.1, 0.15) is 5.58 Å². The number of hydrogen-bond acceptors (Lipinski definition) is 3. The molecule has 0 amide bonds. The summed E-state index contributed by atoms with van der Waals surface area (Å²) in [5.74, 6) is 0.352. The van der Waals surface area contributed by atoms with Gasteiger partial charge in [-0.1, -0.05) is 6.92 Å². The smallest absolute Gasteiger partial charge is 0.185 e. The monoisotopic (exact) mass is 175 g/mol. The summed E-state index contributed by atoms with van der Waals surface area (Å²) in [7, 11) is 0. The molecule has 0 aliphatic heterocycles. The van der Waals surface area contributed by atoms with Crippen molar-refractivity contribution >= 4 is 17.3 Å². The Hall–Kier alpha value is -1.64. The van der Waals surface area contributed by atoms with Gasteiger partial charge in [0.05, 0.1) is 0 Å². The van der Waals surface area contributed by atoms with Crippen molar-refractivity contribution in [2.24, 2.45) is 0 Å². The third-order valence-electron chi connectivity index (χ3n) is 1.96. The van der Waals surface area contributed by atoms with E-state index in [2.05, 4.69) is 4.98 Å². The highest BCUT2D eigenvalue weighted by atomic mass is 16.3. The van der Waals surface area contributed by atoms with Crippen LogP contribution in [0.5, 0.6) is 0 Å². The van der Waals surface area contributed by atoms with Gasteiger partial charge < -0.3 is 4.42 Å². The summed E-state index contributed by atoms with van der Waals surface area (Å²) in [6.45, 7) is 2.03. The quantitative estimate of drug-likeness (QED) is 0.657. The number of pyridine rings is 1. The lowest BCUT2D eigenvalue weighted by Crippen LogP contribution is -1.83. The number of carbonyl (C=O) groups excluding carboxylic acids is 1. The first-order chi connectivity index (χ1) is 6.33. The Morgan fingerprint density at radius 1 is 1.54 bits per heavy atom. The van der Waals surface area contributed by atoms with Crippen molar-refractivity contribution in [3.8, 4) is 0 Å². The van der Waals surface area contributed by atoms with E-state index in [0.29, 0.717) is 12.0 Å². The summed E-state index contributed by atoms with van der Waals surface area (Å²) in [6, 6.07) is 3.55. The van der Waals surface area contributed by atoms with Crippen molar-refractivity contribution in [3.05, 3.63) is 29.8 Å². The number of hydrogen-bond donors (Lipinski definition) is 0. The van der Waals surface area contributed by atoms with Crippen LogP contribution >= 0.6 is 0 Å². The van der Waals surface area contributed by atoms with Crippen molar-refractivity contribution in [1.29, 1.82) is 0 Å². The Morgan fingerprint density at radius 3 is 3.08 bits per heavy atom. The van der Waals surface area contributed by atoms with E-state index in [0.717, 1.165) is 23.1 Å². The molecular formula is C10H9NO2. The highest BCUT2D eigenvalue weighted by Crippen LogP contribution is 2.18. The van der Waals surface area contributed by atoms with Crippen molar-refractivity contribution in [3.63, 3.8) is 0 Å². The fraction of sp³-hybridized carbons (Fsp3) is 0.200. The topological polar surface area (TPSA) is 43.1 Å². The Bertz CT molecular complexity index is 445. The molecule has 0 aromatic carbocycles. The molecule has 2 heterocycles. The molecule has 0 aliphatic carbocycles. The SMILES string of the molecule is CCc1cc2oc(C=O)cc2cn1.